The van der Waals surface area contributed by atoms with E-state index in [1.54, 1.807) is 25.6 Å². The van der Waals surface area contributed by atoms with Gasteiger partial charge in [-0.1, -0.05) is 24.3 Å². The van der Waals surface area contributed by atoms with Crippen LogP contribution >= 0.6 is 0 Å². The van der Waals surface area contributed by atoms with E-state index in [1.807, 2.05) is 6.07 Å². The molecule has 170 valence electrons. The van der Waals surface area contributed by atoms with Crippen molar-refractivity contribution in [3.63, 3.8) is 0 Å². The molecule has 1 aliphatic heterocycles. The topological polar surface area (TPSA) is 68.1 Å². The predicted molar refractivity (Wildman–Crippen MR) is 130 cm³/mol. The number of likely N-dealkylation sites (tertiary alicyclic amines) is 1. The Morgan fingerprint density at radius 1 is 1.06 bits per heavy atom. The van der Waals surface area contributed by atoms with Crippen LogP contribution in [0.4, 0.5) is 11.8 Å². The number of aromatic nitrogens is 4. The number of ether oxygens (including phenoxy) is 1. The van der Waals surface area contributed by atoms with Gasteiger partial charge in [0.15, 0.2) is 0 Å². The van der Waals surface area contributed by atoms with E-state index < -0.39 is 0 Å². The first-order valence-electron chi connectivity index (χ1n) is 11.6. The van der Waals surface area contributed by atoms with Gasteiger partial charge in [0.2, 0.25) is 5.95 Å². The van der Waals surface area contributed by atoms with Gasteiger partial charge in [0.05, 0.1) is 18.3 Å². The summed E-state index contributed by atoms with van der Waals surface area (Å²) in [5.74, 6) is 1.34. The Bertz CT molecular complexity index is 1220. The van der Waals surface area contributed by atoms with E-state index in [2.05, 4.69) is 68.1 Å². The molecule has 1 atom stereocenters. The Kier molecular flexibility index (Phi) is 6.32. The number of nitrogens with zero attached hydrogens (tertiary/aromatic N) is 5. The molecule has 4 heterocycles. The van der Waals surface area contributed by atoms with Crippen molar-refractivity contribution >= 4 is 22.7 Å². The number of pyridine rings is 1. The molecule has 3 aromatic heterocycles. The Balaban J connectivity index is 1.41. The fourth-order valence-electron chi connectivity index (χ4n) is 4.91. The SMILES string of the molecule is COCCn1c(C)c(CN2CCCC2c2cccc(Nc3ncccn3)n2)c2ccccc21. The molecular weight excluding hydrogens is 412 g/mol. The lowest BCUT2D eigenvalue weighted by Crippen LogP contribution is -2.24. The average molecular weight is 443 g/mol. The van der Waals surface area contributed by atoms with Gasteiger partial charge >= 0.3 is 0 Å². The van der Waals surface area contributed by atoms with Crippen LogP contribution in [0.1, 0.15) is 35.8 Å². The second-order valence-electron chi connectivity index (χ2n) is 8.50. The number of rotatable bonds is 8. The number of hydrogen-bond donors (Lipinski definition) is 1. The molecule has 0 saturated carbocycles. The number of fused-ring (bicyclic) bond motifs is 1. The standard InChI is InChI=1S/C26H30N6O/c1-19-21(20-8-3-4-10-23(20)32(19)16-17-33-2)18-31-15-6-11-24(31)22-9-5-12-25(29-22)30-26-27-13-7-14-28-26/h3-5,7-10,12-14,24H,6,11,15-18H2,1-2H3,(H,27,28,29,30). The third-order valence-electron chi connectivity index (χ3n) is 6.52. The average Bonchev–Trinajstić information content (AvgIpc) is 3.42. The second-order valence-corrected chi connectivity index (χ2v) is 8.50. The molecule has 0 aliphatic carbocycles. The maximum atomic E-state index is 5.37. The number of para-hydroxylation sites is 1. The van der Waals surface area contributed by atoms with E-state index in [4.69, 9.17) is 9.72 Å². The molecule has 1 aromatic carbocycles. The van der Waals surface area contributed by atoms with Gasteiger partial charge in [-0.15, -0.1) is 0 Å². The van der Waals surface area contributed by atoms with Gasteiger partial charge in [-0.3, -0.25) is 4.90 Å². The molecule has 0 spiro atoms. The summed E-state index contributed by atoms with van der Waals surface area (Å²) in [7, 11) is 1.76. The highest BCUT2D eigenvalue weighted by Gasteiger charge is 2.29. The smallest absolute Gasteiger partial charge is 0.228 e. The number of anilines is 2. The van der Waals surface area contributed by atoms with Crippen molar-refractivity contribution in [3.8, 4) is 0 Å². The highest BCUT2D eigenvalue weighted by atomic mass is 16.5. The summed E-state index contributed by atoms with van der Waals surface area (Å²) in [6.07, 6.45) is 5.74. The predicted octanol–water partition coefficient (Wildman–Crippen LogP) is 4.86. The molecule has 1 aliphatic rings. The van der Waals surface area contributed by atoms with E-state index in [0.29, 0.717) is 18.6 Å². The third kappa shape index (κ3) is 4.47. The lowest BCUT2D eigenvalue weighted by atomic mass is 10.1. The first-order valence-corrected chi connectivity index (χ1v) is 11.6. The van der Waals surface area contributed by atoms with Crippen LogP contribution in [0.2, 0.25) is 0 Å². The molecule has 0 bridgehead atoms. The minimum atomic E-state index is 0.295. The Morgan fingerprint density at radius 2 is 1.91 bits per heavy atom. The Labute approximate surface area is 194 Å². The molecule has 33 heavy (non-hydrogen) atoms. The Hall–Kier alpha value is -3.29. The fourth-order valence-corrected chi connectivity index (χ4v) is 4.91. The molecule has 1 unspecified atom stereocenters. The Morgan fingerprint density at radius 3 is 2.76 bits per heavy atom. The zero-order valence-electron chi connectivity index (χ0n) is 19.2. The molecule has 1 saturated heterocycles. The van der Waals surface area contributed by atoms with Crippen molar-refractivity contribution in [2.45, 2.75) is 38.9 Å². The summed E-state index contributed by atoms with van der Waals surface area (Å²) in [5, 5.41) is 4.56. The van der Waals surface area contributed by atoms with Crippen molar-refractivity contribution in [3.05, 3.63) is 77.9 Å². The van der Waals surface area contributed by atoms with Gasteiger partial charge in [0.1, 0.15) is 5.82 Å². The molecule has 7 nitrogen and oxygen atoms in total. The van der Waals surface area contributed by atoms with Crippen LogP contribution in [0.25, 0.3) is 10.9 Å². The van der Waals surface area contributed by atoms with Crippen LogP contribution < -0.4 is 5.32 Å². The molecule has 7 heteroatoms. The molecule has 1 fully saturated rings. The summed E-state index contributed by atoms with van der Waals surface area (Å²) in [6.45, 7) is 5.79. The third-order valence-corrected chi connectivity index (χ3v) is 6.52. The van der Waals surface area contributed by atoms with E-state index in [0.717, 1.165) is 37.6 Å². The molecule has 4 aromatic rings. The fraction of sp³-hybridized carbons (Fsp3) is 0.346. The second kappa shape index (κ2) is 9.68. The molecule has 1 N–H and O–H groups in total. The highest BCUT2D eigenvalue weighted by Crippen LogP contribution is 2.35. The van der Waals surface area contributed by atoms with Crippen molar-refractivity contribution < 1.29 is 4.74 Å². The first kappa shape index (κ1) is 21.6. The maximum Gasteiger partial charge on any atom is 0.228 e. The zero-order chi connectivity index (χ0) is 22.6. The van der Waals surface area contributed by atoms with E-state index in [-0.39, 0.29) is 0 Å². The van der Waals surface area contributed by atoms with Crippen LogP contribution in [-0.2, 0) is 17.8 Å². The minimum absolute atomic E-state index is 0.295. The lowest BCUT2D eigenvalue weighted by molar-refractivity contribution is 0.187. The van der Waals surface area contributed by atoms with Crippen molar-refractivity contribution in [1.29, 1.82) is 0 Å². The maximum absolute atomic E-state index is 5.37. The molecule has 0 radical (unpaired) electrons. The highest BCUT2D eigenvalue weighted by molar-refractivity contribution is 5.85. The summed E-state index contributed by atoms with van der Waals surface area (Å²) in [5.41, 5.74) is 5.10. The van der Waals surface area contributed by atoms with Gasteiger partial charge in [0, 0.05) is 49.2 Å². The normalized spacial score (nSPS) is 16.5. The summed E-state index contributed by atoms with van der Waals surface area (Å²) >= 11 is 0. The van der Waals surface area contributed by atoms with E-state index in [9.17, 15) is 0 Å². The van der Waals surface area contributed by atoms with Crippen LogP contribution in [0.15, 0.2) is 60.9 Å². The first-order chi connectivity index (χ1) is 16.2. The summed E-state index contributed by atoms with van der Waals surface area (Å²) in [6, 6.07) is 17.0. The molecule has 5 rings (SSSR count). The monoisotopic (exact) mass is 442 g/mol. The zero-order valence-corrected chi connectivity index (χ0v) is 19.2. The number of nitrogens with one attached hydrogen (secondary N) is 1. The number of benzene rings is 1. The van der Waals surface area contributed by atoms with Crippen LogP contribution in [0, 0.1) is 6.92 Å². The van der Waals surface area contributed by atoms with Crippen molar-refractivity contribution in [2.24, 2.45) is 0 Å². The minimum Gasteiger partial charge on any atom is -0.383 e. The van der Waals surface area contributed by atoms with E-state index in [1.165, 1.54) is 28.6 Å². The van der Waals surface area contributed by atoms with Crippen LogP contribution in [0.5, 0.6) is 0 Å². The number of hydrogen-bond acceptors (Lipinski definition) is 6. The van der Waals surface area contributed by atoms with Crippen molar-refractivity contribution in [1.82, 2.24) is 24.4 Å². The largest absolute Gasteiger partial charge is 0.383 e. The molecule has 0 amide bonds. The van der Waals surface area contributed by atoms with Gasteiger partial charge in [-0.25, -0.2) is 15.0 Å². The molecular formula is C26H30N6O. The number of methoxy groups -OCH3 is 1. The van der Waals surface area contributed by atoms with Gasteiger partial charge in [-0.05, 0) is 56.1 Å². The lowest BCUT2D eigenvalue weighted by Gasteiger charge is -2.25. The summed E-state index contributed by atoms with van der Waals surface area (Å²) in [4.78, 5) is 16.0. The van der Waals surface area contributed by atoms with Gasteiger partial charge in [-0.2, -0.15) is 0 Å². The summed E-state index contributed by atoms with van der Waals surface area (Å²) < 4.78 is 7.76. The van der Waals surface area contributed by atoms with E-state index >= 15 is 0 Å². The van der Waals surface area contributed by atoms with Crippen LogP contribution in [0.3, 0.4) is 0 Å². The van der Waals surface area contributed by atoms with Crippen LogP contribution in [-0.4, -0.2) is 44.7 Å². The van der Waals surface area contributed by atoms with Crippen molar-refractivity contribution in [2.75, 3.05) is 25.6 Å². The van der Waals surface area contributed by atoms with Gasteiger partial charge < -0.3 is 14.6 Å². The van der Waals surface area contributed by atoms with Gasteiger partial charge in [0.25, 0.3) is 0 Å². The quantitative estimate of drug-likeness (QED) is 0.420.